The molecule has 0 saturated carbocycles. The third-order valence-corrected chi connectivity index (χ3v) is 5.00. The number of hydrogen-bond donors (Lipinski definition) is 1. The summed E-state index contributed by atoms with van der Waals surface area (Å²) in [6.07, 6.45) is 1.38. The highest BCUT2D eigenvalue weighted by Gasteiger charge is 2.13. The van der Waals surface area contributed by atoms with Crippen LogP contribution in [0.2, 0.25) is 5.02 Å². The van der Waals surface area contributed by atoms with Gasteiger partial charge >= 0.3 is 0 Å². The Morgan fingerprint density at radius 1 is 1.39 bits per heavy atom. The van der Waals surface area contributed by atoms with E-state index in [4.69, 9.17) is 17.3 Å². The van der Waals surface area contributed by atoms with Crippen LogP contribution < -0.4 is 5.73 Å². The highest BCUT2D eigenvalue weighted by Crippen LogP contribution is 2.16. The number of halogens is 1. The van der Waals surface area contributed by atoms with Crippen LogP contribution in [0.3, 0.4) is 0 Å². The lowest BCUT2D eigenvalue weighted by atomic mass is 9.97. The molecule has 2 N–H and O–H groups in total. The molecule has 0 saturated heterocycles. The van der Waals surface area contributed by atoms with Crippen LogP contribution >= 0.6 is 11.6 Å². The summed E-state index contributed by atoms with van der Waals surface area (Å²) in [5, 5.41) is 0.699. The highest BCUT2D eigenvalue weighted by atomic mass is 35.5. The van der Waals surface area contributed by atoms with Crippen molar-refractivity contribution in [3.8, 4) is 0 Å². The van der Waals surface area contributed by atoms with Gasteiger partial charge in [-0.3, -0.25) is 0 Å². The quantitative estimate of drug-likeness (QED) is 0.838. The zero-order valence-electron chi connectivity index (χ0n) is 10.6. The standard InChI is InChI=1S/C13H20ClNO2S/c1-2-18(16,17)7-6-12(10-15)8-11-4-3-5-13(14)9-11/h3-5,9,12H,2,6-8,10,15H2,1H3. The summed E-state index contributed by atoms with van der Waals surface area (Å²) in [4.78, 5) is 0. The Bertz CT molecular complexity index is 474. The fourth-order valence-electron chi connectivity index (χ4n) is 1.79. The number of nitrogens with two attached hydrogens (primary N) is 1. The van der Waals surface area contributed by atoms with Crippen LogP contribution in [-0.2, 0) is 16.3 Å². The molecule has 1 unspecified atom stereocenters. The highest BCUT2D eigenvalue weighted by molar-refractivity contribution is 7.91. The molecule has 0 aliphatic rings. The lowest BCUT2D eigenvalue weighted by Crippen LogP contribution is -2.21. The van der Waals surface area contributed by atoms with Gasteiger partial charge in [0.1, 0.15) is 9.84 Å². The van der Waals surface area contributed by atoms with E-state index in [-0.39, 0.29) is 17.4 Å². The summed E-state index contributed by atoms with van der Waals surface area (Å²) in [6, 6.07) is 7.61. The summed E-state index contributed by atoms with van der Waals surface area (Å²) >= 11 is 5.92. The average Bonchev–Trinajstić information content (AvgIpc) is 2.34. The summed E-state index contributed by atoms with van der Waals surface area (Å²) in [5.41, 5.74) is 6.81. The summed E-state index contributed by atoms with van der Waals surface area (Å²) in [5.74, 6) is 0.595. The fraction of sp³-hybridized carbons (Fsp3) is 0.538. The molecule has 1 aromatic rings. The molecule has 0 radical (unpaired) electrons. The first kappa shape index (κ1) is 15.5. The van der Waals surface area contributed by atoms with E-state index in [1.54, 1.807) is 6.92 Å². The van der Waals surface area contributed by atoms with Gasteiger partial charge in [0.25, 0.3) is 0 Å². The van der Waals surface area contributed by atoms with Crippen molar-refractivity contribution in [2.45, 2.75) is 19.8 Å². The third-order valence-electron chi connectivity index (χ3n) is 3.02. The molecule has 0 aliphatic carbocycles. The number of benzene rings is 1. The van der Waals surface area contributed by atoms with E-state index in [0.717, 1.165) is 12.0 Å². The Labute approximate surface area is 114 Å². The summed E-state index contributed by atoms with van der Waals surface area (Å²) in [7, 11) is -2.91. The first-order valence-corrected chi connectivity index (χ1v) is 8.31. The summed E-state index contributed by atoms with van der Waals surface area (Å²) < 4.78 is 22.9. The van der Waals surface area contributed by atoms with Crippen molar-refractivity contribution in [2.24, 2.45) is 11.7 Å². The van der Waals surface area contributed by atoms with Crippen LogP contribution in [0.4, 0.5) is 0 Å². The van der Waals surface area contributed by atoms with Crippen LogP contribution in [0.1, 0.15) is 18.9 Å². The molecule has 0 aromatic heterocycles. The normalized spacial score (nSPS) is 13.5. The predicted octanol–water partition coefficient (Wildman–Crippen LogP) is 2.28. The van der Waals surface area contributed by atoms with E-state index in [2.05, 4.69) is 0 Å². The molecule has 1 aromatic carbocycles. The topological polar surface area (TPSA) is 60.2 Å². The number of rotatable bonds is 7. The Morgan fingerprint density at radius 2 is 2.11 bits per heavy atom. The van der Waals surface area contributed by atoms with Gasteiger partial charge in [0.2, 0.25) is 0 Å². The average molecular weight is 290 g/mol. The predicted molar refractivity (Wildman–Crippen MR) is 76.6 cm³/mol. The van der Waals surface area contributed by atoms with Gasteiger partial charge in [0, 0.05) is 10.8 Å². The van der Waals surface area contributed by atoms with Gasteiger partial charge < -0.3 is 5.73 Å². The van der Waals surface area contributed by atoms with Crippen LogP contribution in [0.5, 0.6) is 0 Å². The summed E-state index contributed by atoms with van der Waals surface area (Å²) in [6.45, 7) is 2.16. The number of hydrogen-bond acceptors (Lipinski definition) is 3. The maximum absolute atomic E-state index is 11.5. The minimum Gasteiger partial charge on any atom is -0.330 e. The second-order valence-corrected chi connectivity index (χ2v) is 7.37. The maximum Gasteiger partial charge on any atom is 0.150 e. The van der Waals surface area contributed by atoms with Crippen molar-refractivity contribution in [1.82, 2.24) is 0 Å². The van der Waals surface area contributed by atoms with E-state index < -0.39 is 9.84 Å². The van der Waals surface area contributed by atoms with Crippen molar-refractivity contribution in [2.75, 3.05) is 18.1 Å². The Hall–Kier alpha value is -0.580. The fourth-order valence-corrected chi connectivity index (χ4v) is 2.99. The molecule has 0 bridgehead atoms. The molecular formula is C13H20ClNO2S. The van der Waals surface area contributed by atoms with Crippen molar-refractivity contribution in [3.05, 3.63) is 34.9 Å². The van der Waals surface area contributed by atoms with Crippen LogP contribution in [0.25, 0.3) is 0 Å². The van der Waals surface area contributed by atoms with Gasteiger partial charge in [0.15, 0.2) is 0 Å². The minimum absolute atomic E-state index is 0.185. The van der Waals surface area contributed by atoms with Gasteiger partial charge in [0.05, 0.1) is 5.75 Å². The number of sulfone groups is 1. The van der Waals surface area contributed by atoms with Crippen LogP contribution in [0.15, 0.2) is 24.3 Å². The van der Waals surface area contributed by atoms with Gasteiger partial charge in [-0.1, -0.05) is 30.7 Å². The molecule has 18 heavy (non-hydrogen) atoms. The SMILES string of the molecule is CCS(=O)(=O)CCC(CN)Cc1cccc(Cl)c1. The molecule has 0 spiro atoms. The van der Waals surface area contributed by atoms with Crippen molar-refractivity contribution in [3.63, 3.8) is 0 Å². The van der Waals surface area contributed by atoms with E-state index in [0.29, 0.717) is 18.0 Å². The second kappa shape index (κ2) is 7.12. The van der Waals surface area contributed by atoms with Gasteiger partial charge in [-0.15, -0.1) is 0 Å². The third kappa shape index (κ3) is 5.38. The Kier molecular flexibility index (Phi) is 6.12. The molecule has 102 valence electrons. The first-order valence-electron chi connectivity index (χ1n) is 6.11. The molecule has 0 amide bonds. The largest absolute Gasteiger partial charge is 0.330 e. The first-order chi connectivity index (χ1) is 8.46. The zero-order chi connectivity index (χ0) is 13.6. The Morgan fingerprint density at radius 3 is 2.67 bits per heavy atom. The molecule has 1 rings (SSSR count). The lowest BCUT2D eigenvalue weighted by Gasteiger charge is -2.14. The van der Waals surface area contributed by atoms with Crippen molar-refractivity contribution < 1.29 is 8.42 Å². The molecule has 0 fully saturated rings. The Balaban J connectivity index is 2.57. The van der Waals surface area contributed by atoms with E-state index in [1.807, 2.05) is 24.3 Å². The monoisotopic (exact) mass is 289 g/mol. The van der Waals surface area contributed by atoms with Crippen LogP contribution in [0, 0.1) is 5.92 Å². The maximum atomic E-state index is 11.5. The zero-order valence-corrected chi connectivity index (χ0v) is 12.2. The van der Waals surface area contributed by atoms with Gasteiger partial charge in [-0.05, 0) is 43.0 Å². The molecule has 5 heteroatoms. The molecule has 0 aliphatic heterocycles. The van der Waals surface area contributed by atoms with E-state index in [9.17, 15) is 8.42 Å². The van der Waals surface area contributed by atoms with E-state index >= 15 is 0 Å². The minimum atomic E-state index is -2.91. The second-order valence-electron chi connectivity index (χ2n) is 4.46. The van der Waals surface area contributed by atoms with Crippen LogP contribution in [-0.4, -0.2) is 26.5 Å². The lowest BCUT2D eigenvalue weighted by molar-refractivity contribution is 0.511. The molecule has 0 heterocycles. The molecular weight excluding hydrogens is 270 g/mol. The van der Waals surface area contributed by atoms with Gasteiger partial charge in [-0.25, -0.2) is 8.42 Å². The molecule has 1 atom stereocenters. The van der Waals surface area contributed by atoms with Crippen molar-refractivity contribution in [1.29, 1.82) is 0 Å². The van der Waals surface area contributed by atoms with Crippen molar-refractivity contribution >= 4 is 21.4 Å². The smallest absolute Gasteiger partial charge is 0.150 e. The molecule has 3 nitrogen and oxygen atoms in total. The van der Waals surface area contributed by atoms with E-state index in [1.165, 1.54) is 0 Å². The van der Waals surface area contributed by atoms with Gasteiger partial charge in [-0.2, -0.15) is 0 Å².